The molecule has 176 valence electrons. The fourth-order valence-electron chi connectivity index (χ4n) is 0.639. The van der Waals surface area contributed by atoms with Crippen LogP contribution >= 0.6 is 0 Å². The van der Waals surface area contributed by atoms with E-state index in [-0.39, 0.29) is 226 Å². The van der Waals surface area contributed by atoms with Gasteiger partial charge >= 0.3 is 0 Å². The molecule has 0 saturated carbocycles. The van der Waals surface area contributed by atoms with Gasteiger partial charge in [0.05, 0.1) is 5.69 Å². The molecule has 0 aliphatic heterocycles. The second-order valence-electron chi connectivity index (χ2n) is 1.81. The summed E-state index contributed by atoms with van der Waals surface area (Å²) in [6, 6.07) is 2.00. The van der Waals surface area contributed by atoms with Crippen LogP contribution in [0.1, 0.15) is 95.7 Å². The van der Waals surface area contributed by atoms with Crippen LogP contribution in [0.25, 0.3) is 0 Å². The van der Waals surface area contributed by atoms with Gasteiger partial charge in [-0.05, 0) is 19.9 Å². The van der Waals surface area contributed by atoms with E-state index >= 15 is 0 Å². The number of nitrogens with zero attached hydrogens (tertiary/aromatic N) is 2. The van der Waals surface area contributed by atoms with Crippen LogP contribution in [0, 0.1) is 233 Å². The van der Waals surface area contributed by atoms with Gasteiger partial charge < -0.3 is 0 Å². The monoisotopic (exact) mass is 530 g/mol. The van der Waals surface area contributed by atoms with Gasteiger partial charge in [-0.15, -0.1) is 0 Å². The van der Waals surface area contributed by atoms with E-state index in [0.29, 0.717) is 0 Å². The van der Waals surface area contributed by atoms with Crippen molar-refractivity contribution in [2.45, 2.75) is 103 Å². The van der Waals surface area contributed by atoms with E-state index in [1.54, 1.807) is 0 Å². The fraction of sp³-hybridized carbons (Fsp3) is 0.833. The predicted molar refractivity (Wildman–Crippen MR) is 101 cm³/mol. The number of aryl methyl sites for hydroxylation is 2. The van der Waals surface area contributed by atoms with E-state index in [1.165, 1.54) is 0 Å². The van der Waals surface area contributed by atoms with Crippen LogP contribution in [0.3, 0.4) is 0 Å². The molecule has 1 heterocycles. The van der Waals surface area contributed by atoms with Gasteiger partial charge in [-0.2, -0.15) is 5.10 Å². The zero-order valence-corrected chi connectivity index (χ0v) is 23.6. The molecule has 0 fully saturated rings. The van der Waals surface area contributed by atoms with Crippen molar-refractivity contribution >= 4 is 0 Å². The van der Waals surface area contributed by atoms with E-state index in [4.69, 9.17) is 0 Å². The van der Waals surface area contributed by atoms with Crippen LogP contribution in [0.5, 0.6) is 0 Å². The molecule has 0 saturated heterocycles. The largest absolute Gasteiger partial charge is 0.273 e. The van der Waals surface area contributed by atoms with E-state index < -0.39 is 0 Å². The second-order valence-corrected chi connectivity index (χ2v) is 1.81. The van der Waals surface area contributed by atoms with Crippen molar-refractivity contribution < 1.29 is 226 Å². The van der Waals surface area contributed by atoms with Crippen LogP contribution in [0.15, 0.2) is 12.3 Å². The number of aromatic nitrogens is 2. The maximum absolute atomic E-state index is 4.15. The summed E-state index contributed by atoms with van der Waals surface area (Å²) in [5.74, 6) is 0. The molecule has 8 heteroatoms. The smallest absolute Gasteiger partial charge is 0.0593 e. The van der Waals surface area contributed by atoms with Gasteiger partial charge in [-0.1, -0.05) is 83.1 Å². The van der Waals surface area contributed by atoms with Gasteiger partial charge in [0.2, 0.25) is 0 Å². The third kappa shape index (κ3) is 86.4. The Balaban J connectivity index is -0.00000000972. The van der Waals surface area contributed by atoms with Crippen molar-refractivity contribution in [1.82, 2.24) is 9.78 Å². The van der Waals surface area contributed by atoms with Gasteiger partial charge in [0.25, 0.3) is 0 Å². The number of rotatable bonds is 1. The summed E-state index contributed by atoms with van der Waals surface area (Å²) in [5.41, 5.74) is 1.09. The maximum Gasteiger partial charge on any atom is 0.0593 e. The molecule has 26 heavy (non-hydrogen) atoms. The third-order valence-electron chi connectivity index (χ3n) is 1.10. The average Bonchev–Trinajstić information content (AvgIpc) is 3.04. The minimum Gasteiger partial charge on any atom is -0.273 e. The molecule has 1 aromatic heterocycles. The zero-order valence-electron chi connectivity index (χ0n) is 19.4. The Morgan fingerprint density at radius 1 is 0.615 bits per heavy atom. The van der Waals surface area contributed by atoms with E-state index in [0.717, 1.165) is 12.2 Å². The first-order valence-electron chi connectivity index (χ1n) is 8.83. The first-order valence-corrected chi connectivity index (χ1v) is 8.83. The fourth-order valence-corrected chi connectivity index (χ4v) is 0.639. The predicted octanol–water partition coefficient (Wildman–Crippen LogP) is 7.37. The van der Waals surface area contributed by atoms with Crippen LogP contribution < -0.4 is 0 Å². The zero-order chi connectivity index (χ0) is 18.0. The summed E-state index contributed by atoms with van der Waals surface area (Å²) in [7, 11) is 0. The summed E-state index contributed by atoms with van der Waals surface area (Å²) in [4.78, 5) is 0. The Bertz CT molecular complexity index is 190. The molecule has 0 atom stereocenters. The minimum absolute atomic E-state index is 0. The van der Waals surface area contributed by atoms with Crippen molar-refractivity contribution in [1.29, 1.82) is 0 Å². The van der Waals surface area contributed by atoms with E-state index in [1.807, 2.05) is 107 Å². The molecule has 0 spiro atoms. The molecule has 0 aliphatic carbocycles. The molecule has 0 amide bonds. The Morgan fingerprint density at radius 3 is 0.923 bits per heavy atom. The Morgan fingerprint density at radius 2 is 0.846 bits per heavy atom. The average molecular weight is 530 g/mol. The SMILES string of the molecule is CC.CC.CC.CC.CC.CC.CCn1ccc(C)n1.[Ar].[Ar].[Ar].[Ar].[Ar].[Ar]. The Hall–Kier alpha value is 6.77. The Labute approximate surface area is 348 Å². The third-order valence-corrected chi connectivity index (χ3v) is 1.10. The maximum atomic E-state index is 4.15. The second kappa shape index (κ2) is 107. The molecule has 0 N–H and O–H groups in total. The Kier molecular flexibility index (Phi) is 315. The van der Waals surface area contributed by atoms with Crippen LogP contribution in [0.2, 0.25) is 0 Å². The molecule has 2 nitrogen and oxygen atoms in total. The molecular formula is C18H46Ar6N2. The topological polar surface area (TPSA) is 17.8 Å². The van der Waals surface area contributed by atoms with E-state index in [2.05, 4.69) is 12.0 Å². The van der Waals surface area contributed by atoms with Crippen molar-refractivity contribution in [3.63, 3.8) is 0 Å². The molecule has 0 bridgehead atoms. The van der Waals surface area contributed by atoms with Crippen molar-refractivity contribution in [3.8, 4) is 0 Å². The molecule has 0 unspecified atom stereocenters. The van der Waals surface area contributed by atoms with Crippen LogP contribution in [-0.4, -0.2) is 9.78 Å². The summed E-state index contributed by atoms with van der Waals surface area (Å²) in [5, 5.41) is 4.15. The van der Waals surface area contributed by atoms with Gasteiger partial charge in [0.1, 0.15) is 0 Å². The normalized spacial score (nSPS) is 4.38. The van der Waals surface area contributed by atoms with Gasteiger partial charge in [0.15, 0.2) is 0 Å². The number of hydrogen-bond acceptors (Lipinski definition) is 1. The van der Waals surface area contributed by atoms with E-state index in [9.17, 15) is 0 Å². The number of hydrogen-bond donors (Lipinski definition) is 0. The quantitative estimate of drug-likeness (QED) is 0.371. The van der Waals surface area contributed by atoms with Crippen LogP contribution in [0.4, 0.5) is 0 Å². The first-order chi connectivity index (χ1) is 9.83. The van der Waals surface area contributed by atoms with Crippen molar-refractivity contribution in [2.75, 3.05) is 0 Å². The summed E-state index contributed by atoms with van der Waals surface area (Å²) in [6.07, 6.45) is 1.98. The summed E-state index contributed by atoms with van der Waals surface area (Å²) < 4.78 is 1.91. The summed E-state index contributed by atoms with van der Waals surface area (Å²) >= 11 is 0. The standard InChI is InChI=1S/C6H10N2.6C2H6.6Ar/c1-3-8-5-4-6(2)7-8;6*1-2;;;;;;/h4-5H,3H2,1-2H3;6*1-2H3;;;;;;. The molecule has 0 aromatic carbocycles. The molecule has 0 radical (unpaired) electrons. The molecule has 1 rings (SSSR count). The molecule has 1 aromatic rings. The molecular weight excluding hydrogens is 484 g/mol. The van der Waals surface area contributed by atoms with Crippen molar-refractivity contribution in [3.05, 3.63) is 18.0 Å². The van der Waals surface area contributed by atoms with Crippen molar-refractivity contribution in [2.24, 2.45) is 0 Å². The van der Waals surface area contributed by atoms with Gasteiger partial charge in [-0.25, -0.2) is 0 Å². The first kappa shape index (κ1) is 76.7. The summed E-state index contributed by atoms with van der Waals surface area (Å²) in [6.45, 7) is 29.0. The van der Waals surface area contributed by atoms with Gasteiger partial charge in [-0.3, -0.25) is 4.68 Å². The van der Waals surface area contributed by atoms with Crippen LogP contribution in [-0.2, 0) is 6.54 Å². The minimum atomic E-state index is 0. The van der Waals surface area contributed by atoms with Gasteiger partial charge in [0, 0.05) is 239 Å². The molecule has 0 aliphatic rings.